The number of rotatable bonds is 6. The number of nitro benzene ring substituents is 1. The molecule has 0 saturated heterocycles. The first-order valence-corrected chi connectivity index (χ1v) is 6.54. The number of nitrogens with zero attached hydrogens (tertiary/aromatic N) is 1. The molecule has 2 N–H and O–H groups in total. The van der Waals surface area contributed by atoms with E-state index in [2.05, 4.69) is 21.2 Å². The fraction of sp³-hybridized carbons (Fsp3) is 0.500. The third kappa shape index (κ3) is 3.96. The average molecular weight is 317 g/mol. The first-order chi connectivity index (χ1) is 8.45. The Kier molecular flexibility index (Phi) is 5.55. The molecule has 0 aliphatic carbocycles. The SMILES string of the molecule is Cc1cc(NCC(C)CCO)c(Br)cc1[N+](=O)[O-]. The summed E-state index contributed by atoms with van der Waals surface area (Å²) in [6.45, 7) is 4.64. The van der Waals surface area contributed by atoms with Gasteiger partial charge >= 0.3 is 0 Å². The Morgan fingerprint density at radius 2 is 2.22 bits per heavy atom. The Labute approximate surface area is 114 Å². The van der Waals surface area contributed by atoms with E-state index in [1.807, 2.05) is 6.92 Å². The quantitative estimate of drug-likeness (QED) is 0.624. The van der Waals surface area contributed by atoms with E-state index in [9.17, 15) is 10.1 Å². The third-order valence-corrected chi connectivity index (χ3v) is 3.40. The van der Waals surface area contributed by atoms with Gasteiger partial charge in [-0.05, 0) is 41.3 Å². The van der Waals surface area contributed by atoms with E-state index in [4.69, 9.17) is 5.11 Å². The number of benzene rings is 1. The molecule has 1 unspecified atom stereocenters. The van der Waals surface area contributed by atoms with Gasteiger partial charge in [0.1, 0.15) is 0 Å². The highest BCUT2D eigenvalue weighted by Gasteiger charge is 2.14. The summed E-state index contributed by atoms with van der Waals surface area (Å²) in [7, 11) is 0. The number of aliphatic hydroxyl groups excluding tert-OH is 1. The molecular weight excluding hydrogens is 300 g/mol. The van der Waals surface area contributed by atoms with Gasteiger partial charge in [-0.2, -0.15) is 0 Å². The summed E-state index contributed by atoms with van der Waals surface area (Å²) in [5, 5.41) is 22.8. The van der Waals surface area contributed by atoms with Crippen LogP contribution in [0.25, 0.3) is 0 Å². The molecular formula is C12H17BrN2O3. The monoisotopic (exact) mass is 316 g/mol. The largest absolute Gasteiger partial charge is 0.396 e. The van der Waals surface area contributed by atoms with Gasteiger partial charge in [-0.25, -0.2) is 0 Å². The van der Waals surface area contributed by atoms with Crippen molar-refractivity contribution in [1.29, 1.82) is 0 Å². The molecule has 0 radical (unpaired) electrons. The van der Waals surface area contributed by atoms with Crippen LogP contribution in [0.5, 0.6) is 0 Å². The lowest BCUT2D eigenvalue weighted by molar-refractivity contribution is -0.385. The number of aryl methyl sites for hydroxylation is 1. The Morgan fingerprint density at radius 1 is 1.56 bits per heavy atom. The van der Waals surface area contributed by atoms with Crippen LogP contribution in [0, 0.1) is 23.0 Å². The van der Waals surface area contributed by atoms with Crippen LogP contribution in [0.3, 0.4) is 0 Å². The summed E-state index contributed by atoms with van der Waals surface area (Å²) in [4.78, 5) is 10.4. The zero-order chi connectivity index (χ0) is 13.7. The summed E-state index contributed by atoms with van der Waals surface area (Å²) in [6.07, 6.45) is 0.733. The van der Waals surface area contributed by atoms with Crippen molar-refractivity contribution in [2.45, 2.75) is 20.3 Å². The molecule has 0 spiro atoms. The molecule has 5 nitrogen and oxygen atoms in total. The molecule has 0 fully saturated rings. The first kappa shape index (κ1) is 14.9. The molecule has 0 saturated carbocycles. The highest BCUT2D eigenvalue weighted by Crippen LogP contribution is 2.30. The van der Waals surface area contributed by atoms with E-state index < -0.39 is 4.92 Å². The second-order valence-corrected chi connectivity index (χ2v) is 5.23. The van der Waals surface area contributed by atoms with Gasteiger partial charge in [-0.1, -0.05) is 6.92 Å². The first-order valence-electron chi connectivity index (χ1n) is 5.75. The van der Waals surface area contributed by atoms with Crippen molar-refractivity contribution in [2.24, 2.45) is 5.92 Å². The van der Waals surface area contributed by atoms with E-state index in [0.29, 0.717) is 16.0 Å². The van der Waals surface area contributed by atoms with Gasteiger partial charge in [0.25, 0.3) is 5.69 Å². The lowest BCUT2D eigenvalue weighted by Crippen LogP contribution is -2.13. The van der Waals surface area contributed by atoms with Crippen LogP contribution >= 0.6 is 15.9 Å². The predicted octanol–water partition coefficient (Wildman–Crippen LogP) is 3.10. The maximum Gasteiger partial charge on any atom is 0.273 e. The number of halogens is 1. The zero-order valence-corrected chi connectivity index (χ0v) is 12.0. The highest BCUT2D eigenvalue weighted by atomic mass is 79.9. The number of hydrogen-bond donors (Lipinski definition) is 2. The molecule has 0 bridgehead atoms. The van der Waals surface area contributed by atoms with Crippen LogP contribution in [-0.2, 0) is 0 Å². The molecule has 1 rings (SSSR count). The molecule has 100 valence electrons. The Hall–Kier alpha value is -1.14. The molecule has 0 amide bonds. The number of hydrogen-bond acceptors (Lipinski definition) is 4. The fourth-order valence-corrected chi connectivity index (χ4v) is 2.08. The minimum Gasteiger partial charge on any atom is -0.396 e. The second-order valence-electron chi connectivity index (χ2n) is 4.37. The van der Waals surface area contributed by atoms with Crippen molar-refractivity contribution in [3.63, 3.8) is 0 Å². The second kappa shape index (κ2) is 6.70. The highest BCUT2D eigenvalue weighted by molar-refractivity contribution is 9.10. The van der Waals surface area contributed by atoms with Gasteiger partial charge in [0.15, 0.2) is 0 Å². The lowest BCUT2D eigenvalue weighted by Gasteiger charge is -2.14. The van der Waals surface area contributed by atoms with Crippen LogP contribution in [0.15, 0.2) is 16.6 Å². The van der Waals surface area contributed by atoms with Crippen molar-refractivity contribution in [1.82, 2.24) is 0 Å². The minimum absolute atomic E-state index is 0.107. The van der Waals surface area contributed by atoms with Crippen molar-refractivity contribution < 1.29 is 10.0 Å². The van der Waals surface area contributed by atoms with Crippen LogP contribution in [0.2, 0.25) is 0 Å². The van der Waals surface area contributed by atoms with Gasteiger partial charge in [0.2, 0.25) is 0 Å². The zero-order valence-electron chi connectivity index (χ0n) is 10.4. The van der Waals surface area contributed by atoms with Gasteiger partial charge in [0, 0.05) is 34.9 Å². The molecule has 6 heteroatoms. The Bertz CT molecular complexity index is 438. The predicted molar refractivity (Wildman–Crippen MR) is 74.9 cm³/mol. The molecule has 0 aromatic heterocycles. The summed E-state index contributed by atoms with van der Waals surface area (Å²) < 4.78 is 0.677. The molecule has 0 heterocycles. The normalized spacial score (nSPS) is 12.2. The van der Waals surface area contributed by atoms with E-state index in [1.165, 1.54) is 6.07 Å². The molecule has 0 aliphatic heterocycles. The molecule has 0 aliphatic rings. The summed E-state index contributed by atoms with van der Waals surface area (Å²) in [5.74, 6) is 0.345. The number of nitrogens with one attached hydrogen (secondary N) is 1. The van der Waals surface area contributed by atoms with E-state index in [0.717, 1.165) is 18.7 Å². The average Bonchev–Trinajstić information content (AvgIpc) is 2.29. The lowest BCUT2D eigenvalue weighted by atomic mass is 10.1. The molecule has 1 atom stereocenters. The van der Waals surface area contributed by atoms with Crippen LogP contribution in [0.1, 0.15) is 18.9 Å². The van der Waals surface area contributed by atoms with Crippen LogP contribution in [0.4, 0.5) is 11.4 Å². The van der Waals surface area contributed by atoms with Crippen molar-refractivity contribution >= 4 is 27.3 Å². The minimum atomic E-state index is -0.391. The topological polar surface area (TPSA) is 75.4 Å². The van der Waals surface area contributed by atoms with Gasteiger partial charge in [0.05, 0.1) is 4.92 Å². The van der Waals surface area contributed by atoms with Crippen LogP contribution < -0.4 is 5.32 Å². The van der Waals surface area contributed by atoms with Gasteiger partial charge in [-0.3, -0.25) is 10.1 Å². The number of aliphatic hydroxyl groups is 1. The Balaban J connectivity index is 2.79. The van der Waals surface area contributed by atoms with Crippen LogP contribution in [-0.4, -0.2) is 23.2 Å². The molecule has 18 heavy (non-hydrogen) atoms. The smallest absolute Gasteiger partial charge is 0.273 e. The van der Waals surface area contributed by atoms with E-state index in [-0.39, 0.29) is 12.3 Å². The number of anilines is 1. The molecule has 1 aromatic rings. The van der Waals surface area contributed by atoms with Crippen molar-refractivity contribution in [3.8, 4) is 0 Å². The van der Waals surface area contributed by atoms with Gasteiger partial charge < -0.3 is 10.4 Å². The standard InChI is InChI=1S/C12H17BrN2O3/c1-8(3-4-16)7-14-11-5-9(2)12(15(17)18)6-10(11)13/h5-6,8,14,16H,3-4,7H2,1-2H3. The summed E-state index contributed by atoms with van der Waals surface area (Å²) >= 11 is 3.32. The third-order valence-electron chi connectivity index (χ3n) is 2.75. The maximum absolute atomic E-state index is 10.8. The van der Waals surface area contributed by atoms with E-state index in [1.54, 1.807) is 13.0 Å². The van der Waals surface area contributed by atoms with Gasteiger partial charge in [-0.15, -0.1) is 0 Å². The summed E-state index contributed by atoms with van der Waals surface area (Å²) in [6, 6.07) is 3.27. The fourth-order valence-electron chi connectivity index (χ4n) is 1.61. The summed E-state index contributed by atoms with van der Waals surface area (Å²) in [5.41, 5.74) is 1.57. The van der Waals surface area contributed by atoms with Crippen molar-refractivity contribution in [3.05, 3.63) is 32.3 Å². The van der Waals surface area contributed by atoms with E-state index >= 15 is 0 Å². The maximum atomic E-state index is 10.8. The molecule has 1 aromatic carbocycles. The van der Waals surface area contributed by atoms with Crippen molar-refractivity contribution in [2.75, 3.05) is 18.5 Å². The number of nitro groups is 1. The Morgan fingerprint density at radius 3 is 2.78 bits per heavy atom.